The van der Waals surface area contributed by atoms with E-state index in [9.17, 15) is 5.11 Å². The molecule has 1 N–H and O–H groups in total. The Morgan fingerprint density at radius 1 is 0.818 bits per heavy atom. The molecule has 0 bridgehead atoms. The highest BCUT2D eigenvalue weighted by Crippen LogP contribution is 2.53. The van der Waals surface area contributed by atoms with E-state index in [0.29, 0.717) is 14.3 Å². The van der Waals surface area contributed by atoms with Crippen molar-refractivity contribution in [1.29, 1.82) is 0 Å². The lowest BCUT2D eigenvalue weighted by molar-refractivity contribution is 0.422. The molecule has 0 radical (unpaired) electrons. The van der Waals surface area contributed by atoms with Gasteiger partial charge in [0.25, 0.3) is 0 Å². The van der Waals surface area contributed by atoms with Crippen LogP contribution in [0.2, 0.25) is 0 Å². The van der Waals surface area contributed by atoms with E-state index in [1.165, 1.54) is 22.1 Å². The van der Waals surface area contributed by atoms with E-state index in [-0.39, 0.29) is 16.0 Å². The fraction of sp³-hybridized carbons (Fsp3) is 0.600. The van der Waals surface area contributed by atoms with Crippen molar-refractivity contribution in [3.63, 3.8) is 0 Å². The first-order valence-electron chi connectivity index (χ1n) is 12.8. The number of hydrogen-bond acceptors (Lipinski definition) is 2. The van der Waals surface area contributed by atoms with Crippen molar-refractivity contribution in [3.05, 3.63) is 52.6 Å². The summed E-state index contributed by atoms with van der Waals surface area (Å²) in [5.74, 6) is 0.504. The number of phenolic OH excluding ortho intramolecular Hbond substituents is 1. The molecule has 33 heavy (non-hydrogen) atoms. The van der Waals surface area contributed by atoms with Crippen LogP contribution in [0.1, 0.15) is 104 Å². The van der Waals surface area contributed by atoms with E-state index >= 15 is 0 Å². The molecule has 3 heteroatoms. The lowest BCUT2D eigenvalue weighted by atomic mass is 9.76. The molecule has 184 valence electrons. The Balaban J connectivity index is 2.83. The Labute approximate surface area is 206 Å². The summed E-state index contributed by atoms with van der Waals surface area (Å²) in [6, 6.07) is 11.3. The first-order valence-corrected chi connectivity index (χ1v) is 13.8. The molecule has 0 spiro atoms. The third-order valence-electron chi connectivity index (χ3n) is 7.23. The highest BCUT2D eigenvalue weighted by molar-refractivity contribution is 7.49. The van der Waals surface area contributed by atoms with Gasteiger partial charge in [0.15, 0.2) is 0 Å². The summed E-state index contributed by atoms with van der Waals surface area (Å²) in [5, 5.41) is 13.1. The lowest BCUT2D eigenvalue weighted by Crippen LogP contribution is -2.30. The second-order valence-corrected chi connectivity index (χ2v) is 13.2. The third kappa shape index (κ3) is 5.76. The zero-order chi connectivity index (χ0) is 25.2. The van der Waals surface area contributed by atoms with Crippen molar-refractivity contribution in [3.8, 4) is 5.75 Å². The summed E-state index contributed by atoms with van der Waals surface area (Å²) in [7, 11) is 0.594. The molecule has 2 nitrogen and oxygen atoms in total. The van der Waals surface area contributed by atoms with Gasteiger partial charge >= 0.3 is 0 Å². The minimum absolute atomic E-state index is 0.0217. The SMILES string of the molecule is CCN(CC)c1cccc(C)c1PC(CC)(CC)c1cc(C(C)(C)C)cc(C(C)(C)C)c1O. The Bertz CT molecular complexity index is 941. The summed E-state index contributed by atoms with van der Waals surface area (Å²) in [6.07, 6.45) is 2.00. The summed E-state index contributed by atoms with van der Waals surface area (Å²) >= 11 is 0. The molecule has 1 atom stereocenters. The van der Waals surface area contributed by atoms with Gasteiger partial charge in [0.1, 0.15) is 5.75 Å². The van der Waals surface area contributed by atoms with E-state index in [4.69, 9.17) is 0 Å². The van der Waals surface area contributed by atoms with E-state index in [1.54, 1.807) is 0 Å². The molecule has 0 aromatic heterocycles. The maximum atomic E-state index is 11.7. The first kappa shape index (κ1) is 27.7. The summed E-state index contributed by atoms with van der Waals surface area (Å²) in [6.45, 7) is 26.8. The van der Waals surface area contributed by atoms with Crippen molar-refractivity contribution in [2.75, 3.05) is 18.0 Å². The van der Waals surface area contributed by atoms with Gasteiger partial charge in [0.2, 0.25) is 0 Å². The third-order valence-corrected chi connectivity index (χ3v) is 9.58. The predicted molar refractivity (Wildman–Crippen MR) is 150 cm³/mol. The van der Waals surface area contributed by atoms with Crippen LogP contribution in [-0.2, 0) is 16.0 Å². The number of benzene rings is 2. The summed E-state index contributed by atoms with van der Waals surface area (Å²) in [4.78, 5) is 2.47. The Morgan fingerprint density at radius 2 is 1.36 bits per heavy atom. The van der Waals surface area contributed by atoms with Crippen molar-refractivity contribution in [2.24, 2.45) is 0 Å². The van der Waals surface area contributed by atoms with E-state index in [2.05, 4.69) is 111 Å². The van der Waals surface area contributed by atoms with Crippen LogP contribution in [0.3, 0.4) is 0 Å². The quantitative estimate of drug-likeness (QED) is 0.394. The van der Waals surface area contributed by atoms with Gasteiger partial charge < -0.3 is 10.0 Å². The Kier molecular flexibility index (Phi) is 8.72. The van der Waals surface area contributed by atoms with Gasteiger partial charge in [-0.1, -0.05) is 88.2 Å². The molecule has 2 aromatic carbocycles. The molecule has 0 amide bonds. The molecule has 0 saturated carbocycles. The van der Waals surface area contributed by atoms with E-state index in [0.717, 1.165) is 37.1 Å². The molecule has 0 aliphatic carbocycles. The molecule has 0 heterocycles. The van der Waals surface area contributed by atoms with E-state index < -0.39 is 0 Å². The standard InChI is InChI=1S/C30H48NOP/c1-12-30(13-2,33-27-21(5)17-16-18-25(27)31(14-3)15-4)24-20-22(28(6,7)8)19-23(26(24)32)29(9,10)11/h16-20,32-33H,12-15H2,1-11H3. The van der Waals surface area contributed by atoms with Crippen molar-refractivity contribution in [1.82, 2.24) is 0 Å². The molecule has 2 rings (SSSR count). The fourth-order valence-corrected chi connectivity index (χ4v) is 6.57. The summed E-state index contributed by atoms with van der Waals surface area (Å²) in [5.41, 5.74) is 6.12. The average molecular weight is 470 g/mol. The van der Waals surface area contributed by atoms with Crippen molar-refractivity contribution >= 4 is 19.6 Å². The molecular formula is C30H48NOP. The highest BCUT2D eigenvalue weighted by atomic mass is 31.1. The largest absolute Gasteiger partial charge is 0.507 e. The molecule has 1 unspecified atom stereocenters. The van der Waals surface area contributed by atoms with Crippen molar-refractivity contribution in [2.45, 2.75) is 105 Å². The van der Waals surface area contributed by atoms with Gasteiger partial charge in [0, 0.05) is 29.5 Å². The smallest absolute Gasteiger partial charge is 0.123 e. The zero-order valence-corrected chi connectivity index (χ0v) is 24.1. The second-order valence-electron chi connectivity index (χ2n) is 11.5. The molecular weight excluding hydrogens is 421 g/mol. The Hall–Kier alpha value is -1.53. The molecule has 0 aliphatic rings. The number of anilines is 1. The van der Waals surface area contributed by atoms with Gasteiger partial charge in [-0.15, -0.1) is 0 Å². The van der Waals surface area contributed by atoms with Crippen LogP contribution in [0, 0.1) is 6.92 Å². The van der Waals surface area contributed by atoms with Crippen LogP contribution in [0.25, 0.3) is 0 Å². The number of aromatic hydroxyl groups is 1. The first-order chi connectivity index (χ1) is 15.3. The number of hydrogen-bond donors (Lipinski definition) is 1. The monoisotopic (exact) mass is 469 g/mol. The van der Waals surface area contributed by atoms with E-state index in [1.807, 2.05) is 0 Å². The highest BCUT2D eigenvalue weighted by Gasteiger charge is 2.36. The van der Waals surface area contributed by atoms with Gasteiger partial charge in [0.05, 0.1) is 0 Å². The lowest BCUT2D eigenvalue weighted by Gasteiger charge is -2.38. The maximum absolute atomic E-state index is 11.7. The minimum Gasteiger partial charge on any atom is -0.507 e. The van der Waals surface area contributed by atoms with Gasteiger partial charge in [-0.2, -0.15) is 0 Å². The normalized spacial score (nSPS) is 13.2. The average Bonchev–Trinajstić information content (AvgIpc) is 2.73. The predicted octanol–water partition coefficient (Wildman–Crippen LogP) is 8.16. The van der Waals surface area contributed by atoms with Gasteiger partial charge in [-0.3, -0.25) is 0 Å². The minimum atomic E-state index is -0.120. The topological polar surface area (TPSA) is 23.5 Å². The van der Waals surface area contributed by atoms with Crippen LogP contribution < -0.4 is 10.2 Å². The molecule has 2 aromatic rings. The van der Waals surface area contributed by atoms with Crippen LogP contribution >= 0.6 is 8.58 Å². The van der Waals surface area contributed by atoms with Crippen LogP contribution in [0.4, 0.5) is 5.69 Å². The van der Waals surface area contributed by atoms with Gasteiger partial charge in [-0.05, 0) is 72.5 Å². The second kappa shape index (κ2) is 10.4. The molecule has 0 fully saturated rings. The number of nitrogens with zero attached hydrogens (tertiary/aromatic N) is 1. The number of phenols is 1. The van der Waals surface area contributed by atoms with Crippen LogP contribution in [-0.4, -0.2) is 18.2 Å². The zero-order valence-electron chi connectivity index (χ0n) is 23.1. The Morgan fingerprint density at radius 3 is 1.82 bits per heavy atom. The molecule has 0 saturated heterocycles. The number of rotatable bonds is 8. The molecule has 0 aliphatic heterocycles. The fourth-order valence-electron chi connectivity index (χ4n) is 4.76. The number of aryl methyl sites for hydroxylation is 1. The van der Waals surface area contributed by atoms with Crippen LogP contribution in [0.15, 0.2) is 30.3 Å². The van der Waals surface area contributed by atoms with Gasteiger partial charge in [-0.25, -0.2) is 0 Å². The van der Waals surface area contributed by atoms with Crippen molar-refractivity contribution < 1.29 is 5.11 Å². The van der Waals surface area contributed by atoms with Crippen LogP contribution in [0.5, 0.6) is 5.75 Å². The maximum Gasteiger partial charge on any atom is 0.123 e. The summed E-state index contributed by atoms with van der Waals surface area (Å²) < 4.78 is 0.